The summed E-state index contributed by atoms with van der Waals surface area (Å²) in [6.07, 6.45) is 1.28. The highest BCUT2D eigenvalue weighted by Crippen LogP contribution is 2.30. The predicted octanol–water partition coefficient (Wildman–Crippen LogP) is 3.77. The number of nitrogens with zero attached hydrogens (tertiary/aromatic N) is 2. The van der Waals surface area contributed by atoms with E-state index in [4.69, 9.17) is 0 Å². The van der Waals surface area contributed by atoms with E-state index in [-0.39, 0.29) is 37.8 Å². The van der Waals surface area contributed by atoms with Crippen LogP contribution in [0, 0.1) is 19.8 Å². The van der Waals surface area contributed by atoms with Crippen LogP contribution in [0.4, 0.5) is 8.78 Å². The smallest absolute Gasteiger partial charge is 0.251 e. The van der Waals surface area contributed by atoms with Crippen LogP contribution in [0.5, 0.6) is 0 Å². The van der Waals surface area contributed by atoms with Crippen LogP contribution in [0.2, 0.25) is 0 Å². The molecule has 0 atom stereocenters. The molecule has 138 valence electrons. The number of halogens is 2. The molecule has 0 bridgehead atoms. The first-order chi connectivity index (χ1) is 11.8. The number of carbonyl (C=O) groups excluding carboxylic acids is 1. The highest BCUT2D eigenvalue weighted by molar-refractivity contribution is 5.79. The number of aryl methyl sites for hydroxylation is 2. The molecule has 25 heavy (non-hydrogen) atoms. The molecule has 1 aromatic rings. The number of amides is 1. The number of hydrogen-bond donors (Lipinski definition) is 0. The Bertz CT molecular complexity index is 614. The van der Waals surface area contributed by atoms with Gasteiger partial charge in [-0.15, -0.1) is 0 Å². The Balaban J connectivity index is 1.50. The topological polar surface area (TPSA) is 23.6 Å². The Morgan fingerprint density at radius 3 is 2.40 bits per heavy atom. The quantitative estimate of drug-likeness (QED) is 0.828. The molecular formula is C20H28F2N2O. The maximum absolute atomic E-state index is 13.3. The second-order valence-electron chi connectivity index (χ2n) is 7.66. The van der Waals surface area contributed by atoms with Crippen molar-refractivity contribution >= 4 is 5.91 Å². The number of rotatable bonds is 3. The van der Waals surface area contributed by atoms with Crippen molar-refractivity contribution in [1.82, 2.24) is 9.80 Å². The number of likely N-dealkylation sites (tertiary alicyclic amines) is 2. The zero-order chi connectivity index (χ0) is 18.0. The number of alkyl halides is 2. The maximum atomic E-state index is 13.3. The molecule has 2 aliphatic heterocycles. The molecule has 1 amide bonds. The first kappa shape index (κ1) is 18.3. The van der Waals surface area contributed by atoms with Gasteiger partial charge in [-0.05, 0) is 50.9 Å². The predicted molar refractivity (Wildman–Crippen MR) is 94.7 cm³/mol. The van der Waals surface area contributed by atoms with Gasteiger partial charge in [0, 0.05) is 38.4 Å². The molecule has 2 saturated heterocycles. The Morgan fingerprint density at radius 1 is 1.12 bits per heavy atom. The first-order valence-corrected chi connectivity index (χ1v) is 9.29. The lowest BCUT2D eigenvalue weighted by Crippen LogP contribution is -2.47. The Kier molecular flexibility index (Phi) is 5.42. The largest absolute Gasteiger partial charge is 0.342 e. The van der Waals surface area contributed by atoms with E-state index in [1.807, 2.05) is 0 Å². The van der Waals surface area contributed by atoms with Gasteiger partial charge >= 0.3 is 0 Å². The summed E-state index contributed by atoms with van der Waals surface area (Å²) in [5, 5.41) is 0. The Labute approximate surface area is 149 Å². The van der Waals surface area contributed by atoms with Crippen LogP contribution in [-0.2, 0) is 11.3 Å². The maximum Gasteiger partial charge on any atom is 0.251 e. The van der Waals surface area contributed by atoms with E-state index in [1.54, 1.807) is 4.90 Å². The van der Waals surface area contributed by atoms with Gasteiger partial charge < -0.3 is 4.90 Å². The monoisotopic (exact) mass is 350 g/mol. The van der Waals surface area contributed by atoms with Crippen LogP contribution < -0.4 is 0 Å². The molecule has 3 rings (SSSR count). The second kappa shape index (κ2) is 7.40. The number of carbonyl (C=O) groups is 1. The lowest BCUT2D eigenvalue weighted by molar-refractivity contribution is -0.143. The van der Waals surface area contributed by atoms with Gasteiger partial charge in [-0.3, -0.25) is 9.69 Å². The van der Waals surface area contributed by atoms with E-state index >= 15 is 0 Å². The molecule has 0 aliphatic carbocycles. The van der Waals surface area contributed by atoms with Gasteiger partial charge in [-0.2, -0.15) is 0 Å². The molecule has 2 heterocycles. The van der Waals surface area contributed by atoms with Crippen molar-refractivity contribution in [2.45, 2.75) is 52.0 Å². The van der Waals surface area contributed by atoms with Gasteiger partial charge in [-0.25, -0.2) is 8.78 Å². The Hall–Kier alpha value is -1.49. The van der Waals surface area contributed by atoms with E-state index in [2.05, 4.69) is 36.9 Å². The average molecular weight is 350 g/mol. The van der Waals surface area contributed by atoms with Gasteiger partial charge in [0.15, 0.2) is 0 Å². The molecule has 0 saturated carbocycles. The normalized spacial score (nSPS) is 22.2. The zero-order valence-corrected chi connectivity index (χ0v) is 15.2. The molecule has 0 N–H and O–H groups in total. The lowest BCUT2D eigenvalue weighted by Gasteiger charge is -2.37. The fourth-order valence-electron chi connectivity index (χ4n) is 3.86. The fraction of sp³-hybridized carbons (Fsp3) is 0.650. The average Bonchev–Trinajstić information content (AvgIpc) is 2.58. The minimum Gasteiger partial charge on any atom is -0.342 e. The van der Waals surface area contributed by atoms with Crippen molar-refractivity contribution in [2.75, 3.05) is 26.2 Å². The zero-order valence-electron chi connectivity index (χ0n) is 15.2. The summed E-state index contributed by atoms with van der Waals surface area (Å²) in [6.45, 7) is 7.36. The third kappa shape index (κ3) is 4.57. The highest BCUT2D eigenvalue weighted by Gasteiger charge is 2.37. The third-order valence-electron chi connectivity index (χ3n) is 5.64. The van der Waals surface area contributed by atoms with Gasteiger partial charge in [-0.1, -0.05) is 23.8 Å². The number of benzene rings is 1. The molecule has 0 aromatic heterocycles. The van der Waals surface area contributed by atoms with Crippen LogP contribution in [-0.4, -0.2) is 47.8 Å². The van der Waals surface area contributed by atoms with Crippen LogP contribution in [0.3, 0.4) is 0 Å². The first-order valence-electron chi connectivity index (χ1n) is 9.29. The summed E-state index contributed by atoms with van der Waals surface area (Å²) >= 11 is 0. The summed E-state index contributed by atoms with van der Waals surface area (Å²) < 4.78 is 26.5. The highest BCUT2D eigenvalue weighted by atomic mass is 19.3. The molecule has 2 aliphatic rings. The fourth-order valence-corrected chi connectivity index (χ4v) is 3.86. The van der Waals surface area contributed by atoms with Gasteiger partial charge in [0.05, 0.1) is 0 Å². The molecule has 0 radical (unpaired) electrons. The van der Waals surface area contributed by atoms with Crippen molar-refractivity contribution < 1.29 is 13.6 Å². The summed E-state index contributed by atoms with van der Waals surface area (Å²) in [7, 11) is 0. The van der Waals surface area contributed by atoms with Gasteiger partial charge in [0.1, 0.15) is 0 Å². The lowest BCUT2D eigenvalue weighted by atomic mass is 9.93. The van der Waals surface area contributed by atoms with Crippen LogP contribution in [0.15, 0.2) is 18.2 Å². The third-order valence-corrected chi connectivity index (χ3v) is 5.64. The van der Waals surface area contributed by atoms with Crippen molar-refractivity contribution in [3.63, 3.8) is 0 Å². The summed E-state index contributed by atoms with van der Waals surface area (Å²) in [5.74, 6) is -2.50. The van der Waals surface area contributed by atoms with E-state index in [0.29, 0.717) is 0 Å². The van der Waals surface area contributed by atoms with Crippen molar-refractivity contribution in [3.05, 3.63) is 34.9 Å². The van der Waals surface area contributed by atoms with Crippen LogP contribution >= 0.6 is 0 Å². The van der Waals surface area contributed by atoms with Crippen molar-refractivity contribution in [2.24, 2.45) is 5.92 Å². The minimum absolute atomic E-state index is 0.00146. The second-order valence-corrected chi connectivity index (χ2v) is 7.66. The van der Waals surface area contributed by atoms with Gasteiger partial charge in [0.2, 0.25) is 5.91 Å². The van der Waals surface area contributed by atoms with E-state index < -0.39 is 5.92 Å². The minimum atomic E-state index is -2.59. The molecule has 3 nitrogen and oxygen atoms in total. The van der Waals surface area contributed by atoms with Crippen LogP contribution in [0.1, 0.15) is 42.4 Å². The van der Waals surface area contributed by atoms with Crippen molar-refractivity contribution in [1.29, 1.82) is 0 Å². The molecular weight excluding hydrogens is 322 g/mol. The molecule has 5 heteroatoms. The summed E-state index contributed by atoms with van der Waals surface area (Å²) in [4.78, 5) is 16.6. The number of piperidine rings is 2. The molecule has 1 aromatic carbocycles. The van der Waals surface area contributed by atoms with Crippen LogP contribution in [0.25, 0.3) is 0 Å². The molecule has 2 fully saturated rings. The standard InChI is InChI=1S/C20H28F2N2O/c1-15-3-4-16(2)18(13-15)14-23-9-5-17(6-10-23)19(25)24-11-7-20(21,22)8-12-24/h3-4,13,17H,5-12,14H2,1-2H3. The summed E-state index contributed by atoms with van der Waals surface area (Å²) in [5.41, 5.74) is 3.92. The van der Waals surface area contributed by atoms with E-state index in [9.17, 15) is 13.6 Å². The molecule has 0 spiro atoms. The van der Waals surface area contributed by atoms with Crippen molar-refractivity contribution in [3.8, 4) is 0 Å². The van der Waals surface area contributed by atoms with E-state index in [1.165, 1.54) is 16.7 Å². The van der Waals surface area contributed by atoms with Gasteiger partial charge in [0.25, 0.3) is 5.92 Å². The molecule has 0 unspecified atom stereocenters. The Morgan fingerprint density at radius 2 is 1.76 bits per heavy atom. The number of hydrogen-bond acceptors (Lipinski definition) is 2. The SMILES string of the molecule is Cc1ccc(C)c(CN2CCC(C(=O)N3CCC(F)(F)CC3)CC2)c1. The van der Waals surface area contributed by atoms with E-state index in [0.717, 1.165) is 32.5 Å². The summed E-state index contributed by atoms with van der Waals surface area (Å²) in [6, 6.07) is 6.53.